The number of rotatable bonds is 0. The largest absolute Gasteiger partial charge is 0.633 e. The number of phenolic OH excluding ortho intramolecular Hbond substituents is 1. The Labute approximate surface area is 150 Å². The minimum Gasteiger partial charge on any atom is -0.633 e. The van der Waals surface area contributed by atoms with E-state index in [4.69, 9.17) is 21.3 Å². The van der Waals surface area contributed by atoms with E-state index in [1.807, 2.05) is 6.07 Å². The number of piperazine rings is 1. The first-order valence-electron chi connectivity index (χ1n) is 8.11. The number of phenols is 1. The number of nitrogens with zero attached hydrogens (tertiary/aromatic N) is 3. The second-order valence-corrected chi connectivity index (χ2v) is 7.00. The van der Waals surface area contributed by atoms with Crippen LogP contribution in [0.2, 0.25) is 5.02 Å². The van der Waals surface area contributed by atoms with E-state index in [1.165, 1.54) is 0 Å². The third-order valence-electron chi connectivity index (χ3n) is 4.56. The van der Waals surface area contributed by atoms with Crippen LogP contribution in [0.4, 0.5) is 5.69 Å². The highest BCUT2D eigenvalue weighted by Gasteiger charge is 2.28. The molecule has 2 heterocycles. The number of amidine groups is 1. The quantitative estimate of drug-likeness (QED) is 0.577. The molecular formula is C18H18ClN3O3. The van der Waals surface area contributed by atoms with E-state index in [2.05, 4.69) is 4.90 Å². The zero-order valence-corrected chi connectivity index (χ0v) is 14.5. The van der Waals surface area contributed by atoms with Gasteiger partial charge in [-0.05, 0) is 30.3 Å². The molecule has 2 aliphatic heterocycles. The summed E-state index contributed by atoms with van der Waals surface area (Å²) in [6.07, 6.45) is 0. The molecule has 2 aromatic rings. The molecule has 25 heavy (non-hydrogen) atoms. The number of likely N-dealkylation sites (N-methyl/N-ethyl adjacent to an activating group) is 1. The molecule has 0 saturated carbocycles. The summed E-state index contributed by atoms with van der Waals surface area (Å²) in [4.78, 5) is 6.87. The van der Waals surface area contributed by atoms with Crippen LogP contribution < -0.4 is 4.74 Å². The van der Waals surface area contributed by atoms with E-state index in [-0.39, 0.29) is 10.4 Å². The third kappa shape index (κ3) is 3.16. The first-order valence-corrected chi connectivity index (χ1v) is 8.49. The molecule has 4 rings (SSSR count). The van der Waals surface area contributed by atoms with Crippen molar-refractivity contribution in [1.82, 2.24) is 4.90 Å². The maximum absolute atomic E-state index is 12.2. The van der Waals surface area contributed by atoms with Crippen LogP contribution in [0.25, 0.3) is 0 Å². The second-order valence-electron chi connectivity index (χ2n) is 6.56. The van der Waals surface area contributed by atoms with Gasteiger partial charge in [0.1, 0.15) is 23.0 Å². The standard InChI is InChI=1S/C18H18ClN3O3/c1-22(24)8-6-21(7-9-22)18-14-10-12(19)2-5-16(14)25-17-11-13(23)3-4-15(17)20-18/h2-5,10-11,23H,6-9H2,1H3. The van der Waals surface area contributed by atoms with Gasteiger partial charge in [-0.3, -0.25) is 0 Å². The number of halogens is 1. The van der Waals surface area contributed by atoms with Crippen LogP contribution in [0.5, 0.6) is 17.2 Å². The Morgan fingerprint density at radius 3 is 2.68 bits per heavy atom. The molecule has 0 radical (unpaired) electrons. The first kappa shape index (κ1) is 16.2. The van der Waals surface area contributed by atoms with Gasteiger partial charge >= 0.3 is 0 Å². The smallest absolute Gasteiger partial charge is 0.156 e. The van der Waals surface area contributed by atoms with Gasteiger partial charge in [0, 0.05) is 11.1 Å². The molecule has 1 fully saturated rings. The fraction of sp³-hybridized carbons (Fsp3) is 0.278. The highest BCUT2D eigenvalue weighted by atomic mass is 35.5. The van der Waals surface area contributed by atoms with Crippen LogP contribution in [0.15, 0.2) is 41.4 Å². The number of hydrogen-bond donors (Lipinski definition) is 1. The highest BCUT2D eigenvalue weighted by molar-refractivity contribution is 6.31. The summed E-state index contributed by atoms with van der Waals surface area (Å²) in [5, 5.41) is 22.5. The molecule has 7 heteroatoms. The molecule has 1 saturated heterocycles. The lowest BCUT2D eigenvalue weighted by Crippen LogP contribution is -2.55. The summed E-state index contributed by atoms with van der Waals surface area (Å²) < 4.78 is 5.73. The van der Waals surface area contributed by atoms with Crippen LogP contribution in [0.1, 0.15) is 5.56 Å². The Balaban J connectivity index is 1.82. The zero-order chi connectivity index (χ0) is 17.6. The molecule has 0 bridgehead atoms. The highest BCUT2D eigenvalue weighted by Crippen LogP contribution is 2.40. The van der Waals surface area contributed by atoms with Crippen LogP contribution in [-0.4, -0.2) is 53.7 Å². The van der Waals surface area contributed by atoms with Crippen LogP contribution in [0.3, 0.4) is 0 Å². The fourth-order valence-corrected chi connectivity index (χ4v) is 3.25. The van der Waals surface area contributed by atoms with Gasteiger partial charge < -0.3 is 24.6 Å². The Morgan fingerprint density at radius 1 is 1.16 bits per heavy atom. The molecule has 0 amide bonds. The Morgan fingerprint density at radius 2 is 1.92 bits per heavy atom. The van der Waals surface area contributed by atoms with E-state index in [0.717, 1.165) is 11.4 Å². The fourth-order valence-electron chi connectivity index (χ4n) is 3.08. The van der Waals surface area contributed by atoms with Crippen LogP contribution >= 0.6 is 11.6 Å². The van der Waals surface area contributed by atoms with Gasteiger partial charge in [0.05, 0.1) is 38.8 Å². The van der Waals surface area contributed by atoms with Gasteiger partial charge in [0.25, 0.3) is 0 Å². The van der Waals surface area contributed by atoms with Crippen molar-refractivity contribution in [3.8, 4) is 17.2 Å². The molecule has 0 unspecified atom stereocenters. The minimum atomic E-state index is -0.243. The molecule has 0 aliphatic carbocycles. The van der Waals surface area contributed by atoms with E-state index in [9.17, 15) is 10.3 Å². The van der Waals surface area contributed by atoms with E-state index < -0.39 is 0 Å². The summed E-state index contributed by atoms with van der Waals surface area (Å²) in [5.41, 5.74) is 1.41. The van der Waals surface area contributed by atoms with Crippen molar-refractivity contribution in [3.63, 3.8) is 0 Å². The van der Waals surface area contributed by atoms with Crippen molar-refractivity contribution < 1.29 is 14.5 Å². The zero-order valence-electron chi connectivity index (χ0n) is 13.8. The normalized spacial score (nSPS) is 18.5. The number of fused-ring (bicyclic) bond motifs is 2. The Kier molecular flexibility index (Phi) is 3.83. The predicted octanol–water partition coefficient (Wildman–Crippen LogP) is 3.49. The molecule has 0 atom stereocenters. The second kappa shape index (κ2) is 5.91. The SMILES string of the molecule is C[N+]1([O-])CCN(C2=Nc3ccc(O)cc3Oc3ccc(Cl)cc32)CC1. The van der Waals surface area contributed by atoms with Crippen molar-refractivity contribution >= 4 is 23.1 Å². The van der Waals surface area contributed by atoms with Crippen LogP contribution in [0, 0.1) is 5.21 Å². The average molecular weight is 360 g/mol. The lowest BCUT2D eigenvalue weighted by molar-refractivity contribution is -0.864. The number of hydrogen-bond acceptors (Lipinski definition) is 5. The molecule has 2 aromatic carbocycles. The Hall–Kier alpha value is -2.28. The van der Waals surface area contributed by atoms with Gasteiger partial charge in [0.15, 0.2) is 5.75 Å². The summed E-state index contributed by atoms with van der Waals surface area (Å²) in [7, 11) is 1.69. The van der Waals surface area contributed by atoms with Crippen molar-refractivity contribution in [3.05, 3.63) is 52.2 Å². The average Bonchev–Trinajstić information content (AvgIpc) is 2.71. The summed E-state index contributed by atoms with van der Waals surface area (Å²) in [5.74, 6) is 1.96. The van der Waals surface area contributed by atoms with Gasteiger partial charge in [0.2, 0.25) is 0 Å². The van der Waals surface area contributed by atoms with E-state index in [0.29, 0.717) is 48.4 Å². The molecular weight excluding hydrogens is 342 g/mol. The molecule has 0 spiro atoms. The first-order chi connectivity index (χ1) is 11.9. The number of aliphatic imine (C=N–C) groups is 1. The van der Waals surface area contributed by atoms with Crippen molar-refractivity contribution in [2.75, 3.05) is 33.2 Å². The van der Waals surface area contributed by atoms with Crippen molar-refractivity contribution in [1.29, 1.82) is 0 Å². The number of quaternary nitrogens is 1. The van der Waals surface area contributed by atoms with Crippen molar-refractivity contribution in [2.24, 2.45) is 4.99 Å². The number of benzene rings is 2. The molecule has 6 nitrogen and oxygen atoms in total. The predicted molar refractivity (Wildman–Crippen MR) is 96.7 cm³/mol. The number of aromatic hydroxyl groups is 1. The van der Waals surface area contributed by atoms with Gasteiger partial charge in [-0.15, -0.1) is 0 Å². The molecule has 0 aromatic heterocycles. The molecule has 1 N–H and O–H groups in total. The van der Waals surface area contributed by atoms with Gasteiger partial charge in [-0.2, -0.15) is 0 Å². The number of ether oxygens (including phenoxy) is 1. The lowest BCUT2D eigenvalue weighted by atomic mass is 10.1. The van der Waals surface area contributed by atoms with Crippen LogP contribution in [-0.2, 0) is 0 Å². The molecule has 2 aliphatic rings. The Bertz CT molecular complexity index is 857. The summed E-state index contributed by atoms with van der Waals surface area (Å²) in [6.45, 7) is 2.22. The summed E-state index contributed by atoms with van der Waals surface area (Å²) in [6, 6.07) is 10.2. The third-order valence-corrected chi connectivity index (χ3v) is 4.79. The molecule has 130 valence electrons. The van der Waals surface area contributed by atoms with E-state index >= 15 is 0 Å². The summed E-state index contributed by atoms with van der Waals surface area (Å²) >= 11 is 6.19. The maximum Gasteiger partial charge on any atom is 0.156 e. The van der Waals surface area contributed by atoms with Gasteiger partial charge in [-0.1, -0.05) is 11.6 Å². The maximum atomic E-state index is 12.2. The minimum absolute atomic E-state index is 0.116. The van der Waals surface area contributed by atoms with Gasteiger partial charge in [-0.25, -0.2) is 4.99 Å². The topological polar surface area (TPSA) is 68.1 Å². The lowest BCUT2D eigenvalue weighted by Gasteiger charge is -2.45. The monoisotopic (exact) mass is 359 g/mol. The number of hydroxylamine groups is 3. The van der Waals surface area contributed by atoms with E-state index in [1.54, 1.807) is 37.4 Å². The van der Waals surface area contributed by atoms with Crippen molar-refractivity contribution in [2.45, 2.75) is 0 Å².